The fourth-order valence-corrected chi connectivity index (χ4v) is 2.77. The van der Waals surface area contributed by atoms with E-state index in [1.807, 2.05) is 48.5 Å². The summed E-state index contributed by atoms with van der Waals surface area (Å²) in [4.78, 5) is 11.0. The topological polar surface area (TPSA) is 95.6 Å². The Balaban J connectivity index is 1.78. The van der Waals surface area contributed by atoms with E-state index in [1.54, 1.807) is 6.07 Å². The Kier molecular flexibility index (Phi) is 5.20. The first kappa shape index (κ1) is 17.5. The molecule has 0 saturated carbocycles. The maximum atomic E-state index is 11.0. The summed E-state index contributed by atoms with van der Waals surface area (Å²) in [5, 5.41) is 22.3. The Labute approximate surface area is 151 Å². The van der Waals surface area contributed by atoms with Gasteiger partial charge in [-0.2, -0.15) is 0 Å². The largest absolute Gasteiger partial charge is 0.507 e. The molecule has 0 saturated heterocycles. The second kappa shape index (κ2) is 7.72. The Morgan fingerprint density at radius 3 is 2.38 bits per heavy atom. The zero-order chi connectivity index (χ0) is 18.5. The number of carbonyl (C=O) groups is 1. The quantitative estimate of drug-likeness (QED) is 0.543. The standard InChI is InChI=1S/C21H20N2O3/c22-12-14-3-2-6-18(10-14)23-13-15-4-1-5-16(9-15)17-7-8-19(21(25)26)20(24)11-17/h1-11,23-24H,12-13,22H2,(H,25,26). The van der Waals surface area contributed by atoms with Crippen LogP contribution in [0.1, 0.15) is 21.5 Å². The highest BCUT2D eigenvalue weighted by molar-refractivity contribution is 5.91. The number of aromatic hydroxyl groups is 1. The van der Waals surface area contributed by atoms with Gasteiger partial charge in [0.15, 0.2) is 0 Å². The first-order valence-electron chi connectivity index (χ1n) is 8.25. The van der Waals surface area contributed by atoms with E-state index >= 15 is 0 Å². The number of carboxylic acids is 1. The predicted octanol–water partition coefficient (Wildman–Crippen LogP) is 3.83. The van der Waals surface area contributed by atoms with E-state index < -0.39 is 5.97 Å². The normalized spacial score (nSPS) is 10.5. The summed E-state index contributed by atoms with van der Waals surface area (Å²) in [6.07, 6.45) is 0. The number of hydrogen-bond acceptors (Lipinski definition) is 4. The van der Waals surface area contributed by atoms with Crippen molar-refractivity contribution in [2.45, 2.75) is 13.1 Å². The maximum absolute atomic E-state index is 11.0. The van der Waals surface area contributed by atoms with Crippen LogP contribution in [0.25, 0.3) is 11.1 Å². The van der Waals surface area contributed by atoms with Gasteiger partial charge in [-0.15, -0.1) is 0 Å². The smallest absolute Gasteiger partial charge is 0.339 e. The molecule has 0 aliphatic rings. The lowest BCUT2D eigenvalue weighted by atomic mass is 10.0. The summed E-state index contributed by atoms with van der Waals surface area (Å²) in [5.41, 5.74) is 10.4. The number of anilines is 1. The van der Waals surface area contributed by atoms with E-state index in [-0.39, 0.29) is 11.3 Å². The SMILES string of the molecule is NCc1cccc(NCc2cccc(-c3ccc(C(=O)O)c(O)c3)c2)c1. The molecule has 0 aromatic heterocycles. The van der Waals surface area contributed by atoms with Gasteiger partial charge in [0.05, 0.1) is 0 Å². The van der Waals surface area contributed by atoms with Crippen molar-refractivity contribution in [2.75, 3.05) is 5.32 Å². The van der Waals surface area contributed by atoms with Crippen molar-refractivity contribution in [3.05, 3.63) is 83.4 Å². The summed E-state index contributed by atoms with van der Waals surface area (Å²) in [6.45, 7) is 1.14. The first-order chi connectivity index (χ1) is 12.6. The zero-order valence-corrected chi connectivity index (χ0v) is 14.1. The minimum absolute atomic E-state index is 0.105. The Morgan fingerprint density at radius 1 is 0.923 bits per heavy atom. The van der Waals surface area contributed by atoms with Crippen molar-refractivity contribution < 1.29 is 15.0 Å². The summed E-state index contributed by atoms with van der Waals surface area (Å²) in [6, 6.07) is 20.4. The molecular formula is C21H20N2O3. The van der Waals surface area contributed by atoms with Crippen molar-refractivity contribution >= 4 is 11.7 Å². The fraction of sp³-hybridized carbons (Fsp3) is 0.0952. The van der Waals surface area contributed by atoms with Crippen LogP contribution in [0, 0.1) is 0 Å². The Bertz CT molecular complexity index is 938. The molecule has 0 amide bonds. The van der Waals surface area contributed by atoms with Crippen molar-refractivity contribution in [3.8, 4) is 16.9 Å². The van der Waals surface area contributed by atoms with Crippen LogP contribution in [0.4, 0.5) is 5.69 Å². The minimum atomic E-state index is -1.15. The van der Waals surface area contributed by atoms with E-state index in [1.165, 1.54) is 12.1 Å². The van der Waals surface area contributed by atoms with Crippen molar-refractivity contribution in [1.29, 1.82) is 0 Å². The highest BCUT2D eigenvalue weighted by Gasteiger charge is 2.10. The molecule has 3 aromatic carbocycles. The average molecular weight is 348 g/mol. The summed E-state index contributed by atoms with van der Waals surface area (Å²) >= 11 is 0. The number of benzene rings is 3. The molecule has 0 aliphatic carbocycles. The lowest BCUT2D eigenvalue weighted by Crippen LogP contribution is -2.01. The van der Waals surface area contributed by atoms with Gasteiger partial charge < -0.3 is 21.3 Å². The number of carboxylic acid groups (broad SMARTS) is 1. The van der Waals surface area contributed by atoms with Gasteiger partial charge in [-0.05, 0) is 52.6 Å². The second-order valence-electron chi connectivity index (χ2n) is 6.00. The lowest BCUT2D eigenvalue weighted by molar-refractivity contribution is 0.0694. The molecule has 0 unspecified atom stereocenters. The molecule has 3 rings (SSSR count). The van der Waals surface area contributed by atoms with Gasteiger partial charge in [0.2, 0.25) is 0 Å². The molecule has 132 valence electrons. The minimum Gasteiger partial charge on any atom is -0.507 e. The van der Waals surface area contributed by atoms with Gasteiger partial charge in [-0.3, -0.25) is 0 Å². The van der Waals surface area contributed by atoms with Gasteiger partial charge in [0, 0.05) is 18.8 Å². The highest BCUT2D eigenvalue weighted by Crippen LogP contribution is 2.27. The van der Waals surface area contributed by atoms with E-state index in [2.05, 4.69) is 5.32 Å². The zero-order valence-electron chi connectivity index (χ0n) is 14.1. The van der Waals surface area contributed by atoms with Crippen molar-refractivity contribution in [1.82, 2.24) is 0 Å². The lowest BCUT2D eigenvalue weighted by Gasteiger charge is -2.10. The molecule has 0 atom stereocenters. The van der Waals surface area contributed by atoms with Crippen LogP contribution in [-0.2, 0) is 13.1 Å². The summed E-state index contributed by atoms with van der Waals surface area (Å²) in [5.74, 6) is -1.39. The van der Waals surface area contributed by atoms with Crippen molar-refractivity contribution in [3.63, 3.8) is 0 Å². The van der Waals surface area contributed by atoms with Gasteiger partial charge in [-0.1, -0.05) is 36.4 Å². The van der Waals surface area contributed by atoms with Crippen LogP contribution >= 0.6 is 0 Å². The van der Waals surface area contributed by atoms with Crippen LogP contribution < -0.4 is 11.1 Å². The molecule has 5 N–H and O–H groups in total. The Morgan fingerprint density at radius 2 is 1.65 bits per heavy atom. The molecule has 0 radical (unpaired) electrons. The van der Waals surface area contributed by atoms with Gasteiger partial charge in [-0.25, -0.2) is 4.79 Å². The molecule has 26 heavy (non-hydrogen) atoms. The van der Waals surface area contributed by atoms with Gasteiger partial charge >= 0.3 is 5.97 Å². The molecule has 3 aromatic rings. The molecule has 0 heterocycles. The second-order valence-corrected chi connectivity index (χ2v) is 6.00. The third-order valence-corrected chi connectivity index (χ3v) is 4.15. The fourth-order valence-electron chi connectivity index (χ4n) is 2.77. The van der Waals surface area contributed by atoms with E-state index in [0.29, 0.717) is 13.1 Å². The molecule has 5 nitrogen and oxygen atoms in total. The van der Waals surface area contributed by atoms with Crippen LogP contribution in [0.3, 0.4) is 0 Å². The number of rotatable bonds is 6. The van der Waals surface area contributed by atoms with E-state index in [4.69, 9.17) is 10.8 Å². The van der Waals surface area contributed by atoms with Crippen LogP contribution in [0.2, 0.25) is 0 Å². The van der Waals surface area contributed by atoms with Gasteiger partial charge in [0.25, 0.3) is 0 Å². The van der Waals surface area contributed by atoms with E-state index in [0.717, 1.165) is 27.9 Å². The number of phenols is 1. The molecule has 0 spiro atoms. The monoisotopic (exact) mass is 348 g/mol. The number of nitrogens with one attached hydrogen (secondary N) is 1. The molecule has 0 bridgehead atoms. The molecule has 0 fully saturated rings. The molecular weight excluding hydrogens is 328 g/mol. The third kappa shape index (κ3) is 4.02. The Hall–Kier alpha value is -3.31. The number of hydrogen-bond donors (Lipinski definition) is 4. The third-order valence-electron chi connectivity index (χ3n) is 4.15. The van der Waals surface area contributed by atoms with E-state index in [9.17, 15) is 9.90 Å². The number of aromatic carboxylic acids is 1. The van der Waals surface area contributed by atoms with Gasteiger partial charge in [0.1, 0.15) is 11.3 Å². The van der Waals surface area contributed by atoms with Crippen LogP contribution in [-0.4, -0.2) is 16.2 Å². The highest BCUT2D eigenvalue weighted by atomic mass is 16.4. The maximum Gasteiger partial charge on any atom is 0.339 e. The summed E-state index contributed by atoms with van der Waals surface area (Å²) in [7, 11) is 0. The van der Waals surface area contributed by atoms with Crippen molar-refractivity contribution in [2.24, 2.45) is 5.73 Å². The average Bonchev–Trinajstić information content (AvgIpc) is 2.66. The number of nitrogens with two attached hydrogens (primary N) is 1. The molecule has 5 heteroatoms. The first-order valence-corrected chi connectivity index (χ1v) is 8.25. The molecule has 0 aliphatic heterocycles. The van der Waals surface area contributed by atoms with Crippen LogP contribution in [0.5, 0.6) is 5.75 Å². The van der Waals surface area contributed by atoms with Crippen LogP contribution in [0.15, 0.2) is 66.7 Å². The summed E-state index contributed by atoms with van der Waals surface area (Å²) < 4.78 is 0. The predicted molar refractivity (Wildman–Crippen MR) is 102 cm³/mol.